The summed E-state index contributed by atoms with van der Waals surface area (Å²) in [6.07, 6.45) is 2.70. The molecule has 1 N–H and O–H groups in total. The van der Waals surface area contributed by atoms with E-state index >= 15 is 0 Å². The Labute approximate surface area is 181 Å². The topological polar surface area (TPSA) is 106 Å². The molecule has 9 nitrogen and oxygen atoms in total. The molecule has 30 heavy (non-hydrogen) atoms. The maximum absolute atomic E-state index is 12.4. The Kier molecular flexibility index (Phi) is 6.58. The summed E-state index contributed by atoms with van der Waals surface area (Å²) in [6, 6.07) is 15.0. The SMILES string of the molecule is CN(C)c1ccc(/C=N\NC(=O)c2nn(Cc3cccc(Br)c3)cc2[N+](=O)[O-])cc1. The zero-order chi connectivity index (χ0) is 21.7. The summed E-state index contributed by atoms with van der Waals surface area (Å²) in [7, 11) is 3.87. The Morgan fingerprint density at radius 1 is 1.30 bits per heavy atom. The van der Waals surface area contributed by atoms with Gasteiger partial charge in [-0.2, -0.15) is 10.2 Å². The fourth-order valence-electron chi connectivity index (χ4n) is 2.69. The van der Waals surface area contributed by atoms with Gasteiger partial charge in [-0.05, 0) is 35.4 Å². The van der Waals surface area contributed by atoms with Crippen LogP contribution in [0.15, 0.2) is 64.3 Å². The van der Waals surface area contributed by atoms with E-state index in [1.807, 2.05) is 67.5 Å². The Balaban J connectivity index is 1.72. The monoisotopic (exact) mass is 470 g/mol. The average Bonchev–Trinajstić information content (AvgIpc) is 3.12. The molecule has 0 saturated heterocycles. The maximum atomic E-state index is 12.4. The minimum atomic E-state index is -0.754. The van der Waals surface area contributed by atoms with Gasteiger partial charge in [-0.15, -0.1) is 0 Å². The summed E-state index contributed by atoms with van der Waals surface area (Å²) in [6.45, 7) is 0.287. The predicted molar refractivity (Wildman–Crippen MR) is 118 cm³/mol. The van der Waals surface area contributed by atoms with Crippen molar-refractivity contribution in [1.29, 1.82) is 0 Å². The van der Waals surface area contributed by atoms with Crippen molar-refractivity contribution in [3.63, 3.8) is 0 Å². The van der Waals surface area contributed by atoms with Crippen molar-refractivity contribution >= 4 is 39.4 Å². The molecule has 3 rings (SSSR count). The fraction of sp³-hybridized carbons (Fsp3) is 0.150. The number of hydrogen-bond acceptors (Lipinski definition) is 6. The summed E-state index contributed by atoms with van der Waals surface area (Å²) in [5, 5.41) is 19.3. The molecule has 0 unspecified atom stereocenters. The molecule has 0 aliphatic rings. The zero-order valence-electron chi connectivity index (χ0n) is 16.3. The van der Waals surface area contributed by atoms with E-state index in [4.69, 9.17) is 0 Å². The predicted octanol–water partition coefficient (Wildman–Crippen LogP) is 3.43. The molecule has 1 amide bonds. The molecule has 3 aromatic rings. The lowest BCUT2D eigenvalue weighted by molar-refractivity contribution is -0.385. The number of hydrazone groups is 1. The van der Waals surface area contributed by atoms with E-state index in [0.29, 0.717) is 0 Å². The number of amides is 1. The second-order valence-corrected chi connectivity index (χ2v) is 7.55. The highest BCUT2D eigenvalue weighted by atomic mass is 79.9. The Bertz CT molecular complexity index is 1090. The minimum absolute atomic E-state index is 0.287. The molecule has 0 saturated carbocycles. The molecular formula is C20H19BrN6O3. The van der Waals surface area contributed by atoms with Crippen LogP contribution in [0.1, 0.15) is 21.6 Å². The fourth-order valence-corrected chi connectivity index (χ4v) is 3.13. The molecule has 0 bridgehead atoms. The van der Waals surface area contributed by atoms with Crippen LogP contribution in [-0.4, -0.2) is 40.9 Å². The molecule has 0 aliphatic carbocycles. The van der Waals surface area contributed by atoms with Crippen LogP contribution in [0.25, 0.3) is 0 Å². The smallest absolute Gasteiger partial charge is 0.320 e. The van der Waals surface area contributed by atoms with Gasteiger partial charge >= 0.3 is 5.69 Å². The van der Waals surface area contributed by atoms with Crippen molar-refractivity contribution < 1.29 is 9.72 Å². The number of rotatable bonds is 7. The molecule has 0 aliphatic heterocycles. The number of nitro groups is 1. The summed E-state index contributed by atoms with van der Waals surface area (Å²) in [5.41, 5.74) is 4.31. The molecule has 0 fully saturated rings. The molecule has 0 spiro atoms. The summed E-state index contributed by atoms with van der Waals surface area (Å²) in [4.78, 5) is 25.1. The number of halogens is 1. The first-order chi connectivity index (χ1) is 14.3. The van der Waals surface area contributed by atoms with Crippen LogP contribution < -0.4 is 10.3 Å². The Hall–Kier alpha value is -3.53. The van der Waals surface area contributed by atoms with Crippen molar-refractivity contribution in [2.45, 2.75) is 6.54 Å². The van der Waals surface area contributed by atoms with E-state index in [0.717, 1.165) is 21.3 Å². The van der Waals surface area contributed by atoms with Gasteiger partial charge in [0.1, 0.15) is 6.20 Å². The summed E-state index contributed by atoms with van der Waals surface area (Å²) in [5.74, 6) is -0.754. The quantitative estimate of drug-likeness (QED) is 0.323. The standard InChI is InChI=1S/C20H19BrN6O3/c1-25(2)17-8-6-14(7-9-17)11-22-23-20(28)19-18(27(29)30)13-26(24-19)12-15-4-3-5-16(21)10-15/h3-11,13H,12H2,1-2H3,(H,23,28)/b22-11-. The van der Waals surface area contributed by atoms with Crippen LogP contribution in [0, 0.1) is 10.1 Å². The second kappa shape index (κ2) is 9.31. The minimum Gasteiger partial charge on any atom is -0.378 e. The van der Waals surface area contributed by atoms with E-state index in [1.165, 1.54) is 17.1 Å². The first kappa shape index (κ1) is 21.2. The average molecular weight is 471 g/mol. The van der Waals surface area contributed by atoms with Crippen molar-refractivity contribution in [2.24, 2.45) is 5.10 Å². The molecule has 2 aromatic carbocycles. The van der Waals surface area contributed by atoms with Gasteiger partial charge in [-0.25, -0.2) is 5.43 Å². The van der Waals surface area contributed by atoms with Crippen molar-refractivity contribution in [3.05, 3.63) is 86.1 Å². The Morgan fingerprint density at radius 3 is 2.67 bits per heavy atom. The lowest BCUT2D eigenvalue weighted by Crippen LogP contribution is -2.19. The van der Waals surface area contributed by atoms with Crippen molar-refractivity contribution in [2.75, 3.05) is 19.0 Å². The largest absolute Gasteiger partial charge is 0.378 e. The first-order valence-corrected chi connectivity index (χ1v) is 9.70. The van der Waals surface area contributed by atoms with Gasteiger partial charge in [0, 0.05) is 24.3 Å². The van der Waals surface area contributed by atoms with Crippen LogP contribution in [0.5, 0.6) is 0 Å². The number of nitrogens with zero attached hydrogens (tertiary/aromatic N) is 5. The molecule has 154 valence electrons. The van der Waals surface area contributed by atoms with E-state index in [9.17, 15) is 14.9 Å². The summed E-state index contributed by atoms with van der Waals surface area (Å²) < 4.78 is 2.24. The highest BCUT2D eigenvalue weighted by Gasteiger charge is 2.25. The maximum Gasteiger partial charge on any atom is 0.320 e. The third-order valence-electron chi connectivity index (χ3n) is 4.18. The van der Waals surface area contributed by atoms with Crippen molar-refractivity contribution in [1.82, 2.24) is 15.2 Å². The zero-order valence-corrected chi connectivity index (χ0v) is 17.9. The number of anilines is 1. The third kappa shape index (κ3) is 5.29. The third-order valence-corrected chi connectivity index (χ3v) is 4.67. The molecule has 0 atom stereocenters. The van der Waals surface area contributed by atoms with Crippen LogP contribution in [0.3, 0.4) is 0 Å². The number of aromatic nitrogens is 2. The van der Waals surface area contributed by atoms with Crippen LogP contribution in [-0.2, 0) is 6.54 Å². The van der Waals surface area contributed by atoms with Gasteiger partial charge in [0.2, 0.25) is 5.69 Å². The van der Waals surface area contributed by atoms with E-state index in [-0.39, 0.29) is 17.9 Å². The molecule has 1 heterocycles. The van der Waals surface area contributed by atoms with Gasteiger partial charge in [-0.1, -0.05) is 40.2 Å². The van der Waals surface area contributed by atoms with Gasteiger partial charge in [0.05, 0.1) is 17.7 Å². The molecule has 10 heteroatoms. The molecule has 0 radical (unpaired) electrons. The van der Waals surface area contributed by atoms with Crippen LogP contribution in [0.2, 0.25) is 0 Å². The lowest BCUT2D eigenvalue weighted by Gasteiger charge is -2.11. The van der Waals surface area contributed by atoms with Crippen molar-refractivity contribution in [3.8, 4) is 0 Å². The first-order valence-electron chi connectivity index (χ1n) is 8.90. The lowest BCUT2D eigenvalue weighted by atomic mass is 10.2. The van der Waals surface area contributed by atoms with Gasteiger partial charge < -0.3 is 4.90 Å². The van der Waals surface area contributed by atoms with E-state index < -0.39 is 10.8 Å². The number of benzene rings is 2. The normalized spacial score (nSPS) is 10.9. The van der Waals surface area contributed by atoms with E-state index in [2.05, 4.69) is 31.6 Å². The van der Waals surface area contributed by atoms with Gasteiger partial charge in [0.15, 0.2) is 0 Å². The van der Waals surface area contributed by atoms with Gasteiger partial charge in [0.25, 0.3) is 5.91 Å². The number of nitrogens with one attached hydrogen (secondary N) is 1. The highest BCUT2D eigenvalue weighted by molar-refractivity contribution is 9.10. The number of carbonyl (C=O) groups excluding carboxylic acids is 1. The van der Waals surface area contributed by atoms with Gasteiger partial charge in [-0.3, -0.25) is 19.6 Å². The van der Waals surface area contributed by atoms with Crippen LogP contribution in [0.4, 0.5) is 11.4 Å². The second-order valence-electron chi connectivity index (χ2n) is 6.63. The van der Waals surface area contributed by atoms with Crippen LogP contribution >= 0.6 is 15.9 Å². The number of carbonyl (C=O) groups is 1. The molecular weight excluding hydrogens is 452 g/mol. The molecule has 1 aromatic heterocycles. The van der Waals surface area contributed by atoms with E-state index in [1.54, 1.807) is 0 Å². The number of hydrogen-bond donors (Lipinski definition) is 1. The summed E-state index contributed by atoms with van der Waals surface area (Å²) >= 11 is 3.38. The highest BCUT2D eigenvalue weighted by Crippen LogP contribution is 2.19. The Morgan fingerprint density at radius 2 is 2.03 bits per heavy atom.